The van der Waals surface area contributed by atoms with Gasteiger partial charge in [0.25, 0.3) is 0 Å². The van der Waals surface area contributed by atoms with Crippen molar-refractivity contribution in [1.29, 1.82) is 0 Å². The van der Waals surface area contributed by atoms with Crippen molar-refractivity contribution in [1.82, 2.24) is 11.0 Å². The van der Waals surface area contributed by atoms with Crippen molar-refractivity contribution in [3.05, 3.63) is 4.91 Å². The summed E-state index contributed by atoms with van der Waals surface area (Å²) in [6.07, 6.45) is -0.739. The van der Waals surface area contributed by atoms with Gasteiger partial charge in [-0.3, -0.25) is 0 Å². The average Bonchev–Trinajstić information content (AvgIpc) is 1.79. The lowest BCUT2D eigenvalue weighted by Crippen LogP contribution is -2.38. The summed E-state index contributed by atoms with van der Waals surface area (Å²) in [4.78, 5) is 20.1. The molecule has 0 aliphatic heterocycles. The summed E-state index contributed by atoms with van der Waals surface area (Å²) in [5.41, 5.74) is 3.04. The van der Waals surface area contributed by atoms with Gasteiger partial charge in [-0.1, -0.05) is 0 Å². The normalized spacial score (nSPS) is 10.1. The smallest absolute Gasteiger partial charge is 0.427 e. The molecule has 0 rings (SSSR count). The van der Waals surface area contributed by atoms with Gasteiger partial charge in [0.2, 0.25) is 0 Å². The van der Waals surface area contributed by atoms with Crippen molar-refractivity contribution in [2.45, 2.75) is 26.4 Å². The number of hydrogen-bond acceptors (Lipinski definition) is 4. The fourth-order valence-corrected chi connectivity index (χ4v) is 0.372. The quantitative estimate of drug-likeness (QED) is 0.461. The molecule has 11 heavy (non-hydrogen) atoms. The Morgan fingerprint density at radius 2 is 2.00 bits per heavy atom. The SMILES string of the molecule is CC(C)(C)OC(=O)NNN=O. The van der Waals surface area contributed by atoms with E-state index in [1.54, 1.807) is 26.3 Å². The molecular weight excluding hydrogens is 150 g/mol. The topological polar surface area (TPSA) is 79.8 Å². The number of amides is 1. The summed E-state index contributed by atoms with van der Waals surface area (Å²) >= 11 is 0. The van der Waals surface area contributed by atoms with Crippen LogP contribution in [0.4, 0.5) is 4.79 Å². The van der Waals surface area contributed by atoms with E-state index in [0.717, 1.165) is 0 Å². The van der Waals surface area contributed by atoms with Gasteiger partial charge in [0.15, 0.2) is 0 Å². The van der Waals surface area contributed by atoms with Gasteiger partial charge in [0.1, 0.15) is 5.60 Å². The maximum atomic E-state index is 10.6. The first kappa shape index (κ1) is 9.67. The Kier molecular flexibility index (Phi) is 3.29. The minimum atomic E-state index is -0.739. The standard InChI is InChI=1S/C5H11N3O3/c1-5(2,3)11-4(9)6-7-8-10/h1-3H3,(H,7,10)(H,6,8,9). The van der Waals surface area contributed by atoms with Crippen LogP contribution in [0, 0.1) is 4.91 Å². The monoisotopic (exact) mass is 161 g/mol. The molecule has 0 aliphatic carbocycles. The highest BCUT2D eigenvalue weighted by Gasteiger charge is 2.15. The molecule has 0 aromatic heterocycles. The van der Waals surface area contributed by atoms with Gasteiger partial charge < -0.3 is 4.74 Å². The molecule has 6 nitrogen and oxygen atoms in total. The molecule has 0 aromatic rings. The molecule has 6 heteroatoms. The van der Waals surface area contributed by atoms with E-state index in [0.29, 0.717) is 0 Å². The third-order valence-electron chi connectivity index (χ3n) is 0.602. The predicted octanol–water partition coefficient (Wildman–Crippen LogP) is 0.697. The third kappa shape index (κ3) is 6.56. The van der Waals surface area contributed by atoms with Crippen molar-refractivity contribution in [2.24, 2.45) is 5.29 Å². The number of ether oxygens (including phenoxy) is 1. The summed E-state index contributed by atoms with van der Waals surface area (Å²) in [5.74, 6) is 0. The molecule has 0 aromatic carbocycles. The molecule has 1 amide bonds. The molecule has 0 saturated carbocycles. The number of hydrogen-bond donors (Lipinski definition) is 2. The minimum Gasteiger partial charge on any atom is -0.443 e. The van der Waals surface area contributed by atoms with Gasteiger partial charge in [0.05, 0.1) is 5.29 Å². The van der Waals surface area contributed by atoms with Gasteiger partial charge in [-0.2, -0.15) is 5.53 Å². The van der Waals surface area contributed by atoms with Gasteiger partial charge in [-0.25, -0.2) is 10.2 Å². The highest BCUT2D eigenvalue weighted by molar-refractivity contribution is 5.66. The third-order valence-corrected chi connectivity index (χ3v) is 0.602. The number of nitroso groups, excluding NO2 is 1. The molecule has 0 saturated heterocycles. The van der Waals surface area contributed by atoms with E-state index in [9.17, 15) is 9.70 Å². The van der Waals surface area contributed by atoms with E-state index >= 15 is 0 Å². The summed E-state index contributed by atoms with van der Waals surface area (Å²) in [5, 5.41) is 2.19. The molecule has 0 heterocycles. The molecule has 0 bridgehead atoms. The molecule has 0 unspecified atom stereocenters. The van der Waals surface area contributed by atoms with Crippen LogP contribution in [0.15, 0.2) is 5.29 Å². The Hall–Kier alpha value is -1.33. The van der Waals surface area contributed by atoms with Crippen molar-refractivity contribution < 1.29 is 9.53 Å². The van der Waals surface area contributed by atoms with E-state index in [-0.39, 0.29) is 0 Å². The Labute approximate surface area is 64.2 Å². The second kappa shape index (κ2) is 3.75. The lowest BCUT2D eigenvalue weighted by Gasteiger charge is -2.18. The first-order valence-corrected chi connectivity index (χ1v) is 3.02. The first-order chi connectivity index (χ1) is 4.95. The van der Waals surface area contributed by atoms with Crippen LogP contribution in [0.2, 0.25) is 0 Å². The van der Waals surface area contributed by atoms with Gasteiger partial charge in [-0.05, 0) is 20.8 Å². The maximum Gasteiger partial charge on any atom is 0.427 e. The molecule has 0 spiro atoms. The van der Waals surface area contributed by atoms with Crippen LogP contribution in [-0.4, -0.2) is 11.7 Å². The van der Waals surface area contributed by atoms with Crippen LogP contribution in [0.3, 0.4) is 0 Å². The Morgan fingerprint density at radius 3 is 2.36 bits per heavy atom. The molecular formula is C5H11N3O3. The Bertz CT molecular complexity index is 152. The minimum absolute atomic E-state index is 0.575. The van der Waals surface area contributed by atoms with Crippen LogP contribution in [-0.2, 0) is 4.74 Å². The number of nitrogens with one attached hydrogen (secondary N) is 2. The maximum absolute atomic E-state index is 10.6. The molecule has 2 N–H and O–H groups in total. The largest absolute Gasteiger partial charge is 0.443 e. The summed E-state index contributed by atoms with van der Waals surface area (Å²) in [7, 11) is 0. The lowest BCUT2D eigenvalue weighted by atomic mass is 10.2. The predicted molar refractivity (Wildman–Crippen MR) is 38.3 cm³/mol. The molecule has 64 valence electrons. The van der Waals surface area contributed by atoms with Crippen LogP contribution in [0.25, 0.3) is 0 Å². The Balaban J connectivity index is 3.61. The second-order valence-corrected chi connectivity index (χ2v) is 2.83. The summed E-state index contributed by atoms with van der Waals surface area (Å²) in [6, 6.07) is 0. The van der Waals surface area contributed by atoms with Crippen LogP contribution < -0.4 is 11.0 Å². The highest BCUT2D eigenvalue weighted by Crippen LogP contribution is 2.05. The van der Waals surface area contributed by atoms with E-state index < -0.39 is 11.7 Å². The van der Waals surface area contributed by atoms with E-state index in [1.807, 2.05) is 5.43 Å². The molecule has 0 fully saturated rings. The van der Waals surface area contributed by atoms with Crippen molar-refractivity contribution >= 4 is 6.09 Å². The van der Waals surface area contributed by atoms with Gasteiger partial charge >= 0.3 is 6.09 Å². The fourth-order valence-electron chi connectivity index (χ4n) is 0.372. The molecule has 0 radical (unpaired) electrons. The van der Waals surface area contributed by atoms with Crippen LogP contribution in [0.5, 0.6) is 0 Å². The zero-order chi connectivity index (χ0) is 8.91. The second-order valence-electron chi connectivity index (χ2n) is 2.83. The summed E-state index contributed by atoms with van der Waals surface area (Å²) in [6.45, 7) is 5.13. The summed E-state index contributed by atoms with van der Waals surface area (Å²) < 4.78 is 4.73. The number of hydrazine groups is 1. The van der Waals surface area contributed by atoms with Crippen molar-refractivity contribution in [3.63, 3.8) is 0 Å². The molecule has 0 aliphatic rings. The van der Waals surface area contributed by atoms with Crippen molar-refractivity contribution in [2.75, 3.05) is 0 Å². The van der Waals surface area contributed by atoms with E-state index in [2.05, 4.69) is 5.29 Å². The number of carbonyl (C=O) groups is 1. The van der Waals surface area contributed by atoms with Gasteiger partial charge in [0, 0.05) is 0 Å². The van der Waals surface area contributed by atoms with E-state index in [4.69, 9.17) is 4.74 Å². The number of nitrogens with zero attached hydrogens (tertiary/aromatic N) is 1. The fraction of sp³-hybridized carbons (Fsp3) is 0.800. The lowest BCUT2D eigenvalue weighted by molar-refractivity contribution is 0.0499. The van der Waals surface area contributed by atoms with Gasteiger partial charge in [-0.15, -0.1) is 4.91 Å². The average molecular weight is 161 g/mol. The van der Waals surface area contributed by atoms with Crippen LogP contribution >= 0.6 is 0 Å². The number of rotatable bonds is 2. The zero-order valence-electron chi connectivity index (χ0n) is 6.67. The molecule has 0 atom stereocenters. The van der Waals surface area contributed by atoms with Crippen molar-refractivity contribution in [3.8, 4) is 0 Å². The number of carbonyl (C=O) groups excluding carboxylic acids is 1. The zero-order valence-corrected chi connectivity index (χ0v) is 6.67. The highest BCUT2D eigenvalue weighted by atomic mass is 16.6. The van der Waals surface area contributed by atoms with E-state index in [1.165, 1.54) is 0 Å². The Morgan fingerprint density at radius 1 is 1.45 bits per heavy atom. The first-order valence-electron chi connectivity index (χ1n) is 3.02. The van der Waals surface area contributed by atoms with Crippen LogP contribution in [0.1, 0.15) is 20.8 Å².